The summed E-state index contributed by atoms with van der Waals surface area (Å²) in [5.41, 5.74) is -0.292. The molecule has 0 spiro atoms. The Hall–Kier alpha value is -0.0651. The van der Waals surface area contributed by atoms with Crippen LogP contribution in [-0.2, 0) is 14.1 Å². The van der Waals surface area contributed by atoms with Gasteiger partial charge >= 0.3 is 7.12 Å². The van der Waals surface area contributed by atoms with Crippen LogP contribution in [0.15, 0.2) is 0 Å². The van der Waals surface area contributed by atoms with E-state index in [1.54, 1.807) is 0 Å². The molecule has 1 aliphatic heterocycles. The van der Waals surface area contributed by atoms with E-state index in [9.17, 15) is 4.79 Å². The lowest BCUT2D eigenvalue weighted by molar-refractivity contribution is -0.199. The van der Waals surface area contributed by atoms with Crippen molar-refractivity contribution in [2.45, 2.75) is 91.3 Å². The lowest BCUT2D eigenvalue weighted by Crippen LogP contribution is -2.65. The van der Waals surface area contributed by atoms with E-state index in [1.165, 1.54) is 6.42 Å². The number of alkyl halides is 1. The molecule has 4 rings (SSSR count). The summed E-state index contributed by atoms with van der Waals surface area (Å²) < 4.78 is 13.0. The van der Waals surface area contributed by atoms with Gasteiger partial charge in [0.05, 0.1) is 17.6 Å². The molecular formula is C20H35BBrNO3. The van der Waals surface area contributed by atoms with Crippen LogP contribution >= 0.6 is 15.9 Å². The van der Waals surface area contributed by atoms with Crippen LogP contribution in [0, 0.1) is 22.7 Å². The van der Waals surface area contributed by atoms with Crippen LogP contribution in [0.3, 0.4) is 0 Å². The summed E-state index contributed by atoms with van der Waals surface area (Å²) in [7, 11) is -0.332. The third-order valence-electron chi connectivity index (χ3n) is 7.19. The molecule has 0 radical (unpaired) electrons. The predicted molar refractivity (Wildman–Crippen MR) is 109 cm³/mol. The molecule has 5 unspecified atom stereocenters. The van der Waals surface area contributed by atoms with E-state index in [0.29, 0.717) is 11.3 Å². The Morgan fingerprint density at radius 2 is 1.96 bits per heavy atom. The Morgan fingerprint density at radius 1 is 1.27 bits per heavy atom. The number of carbonyl (C=O) groups excluding carboxylic acids is 1. The van der Waals surface area contributed by atoms with Gasteiger partial charge in [0.2, 0.25) is 5.91 Å². The highest BCUT2D eigenvalue weighted by molar-refractivity contribution is 9.09. The van der Waals surface area contributed by atoms with Crippen molar-refractivity contribution < 1.29 is 14.1 Å². The number of amides is 1. The van der Waals surface area contributed by atoms with Gasteiger partial charge in [-0.25, -0.2) is 0 Å². The minimum atomic E-state index is -0.410. The van der Waals surface area contributed by atoms with Gasteiger partial charge in [0.15, 0.2) is 0 Å². The maximum absolute atomic E-state index is 12.6. The number of rotatable bonds is 6. The third kappa shape index (κ3) is 3.50. The van der Waals surface area contributed by atoms with Gasteiger partial charge in [-0.1, -0.05) is 57.0 Å². The highest BCUT2D eigenvalue weighted by atomic mass is 79.9. The summed E-state index contributed by atoms with van der Waals surface area (Å²) in [6, 6.07) is 0. The van der Waals surface area contributed by atoms with Crippen LogP contribution in [-0.4, -0.2) is 36.0 Å². The summed E-state index contributed by atoms with van der Waals surface area (Å²) >= 11 is 3.50. The monoisotopic (exact) mass is 427 g/mol. The van der Waals surface area contributed by atoms with Crippen molar-refractivity contribution in [2.24, 2.45) is 22.7 Å². The van der Waals surface area contributed by atoms with Gasteiger partial charge in [-0.05, 0) is 49.9 Å². The minimum Gasteiger partial charge on any atom is -0.404 e. The fraction of sp³-hybridized carbons (Fsp3) is 0.950. The molecule has 1 saturated heterocycles. The topological polar surface area (TPSA) is 47.6 Å². The first-order valence-electron chi connectivity index (χ1n) is 10.2. The van der Waals surface area contributed by atoms with Crippen LogP contribution in [0.1, 0.15) is 73.6 Å². The molecule has 0 aromatic heterocycles. The zero-order chi connectivity index (χ0) is 19.3. The minimum absolute atomic E-state index is 0.0678. The lowest BCUT2D eigenvalue weighted by atomic mass is 9.43. The molecule has 4 aliphatic rings. The second-order valence-corrected chi connectivity index (χ2v) is 11.1. The van der Waals surface area contributed by atoms with Gasteiger partial charge in [-0.2, -0.15) is 0 Å². The smallest absolute Gasteiger partial charge is 0.404 e. The van der Waals surface area contributed by atoms with Crippen molar-refractivity contribution in [1.82, 2.24) is 5.32 Å². The molecule has 0 aromatic rings. The number of hydrogen-bond acceptors (Lipinski definition) is 3. The molecular weight excluding hydrogens is 393 g/mol. The first kappa shape index (κ1) is 20.7. The van der Waals surface area contributed by atoms with Gasteiger partial charge in [-0.3, -0.25) is 4.79 Å². The van der Waals surface area contributed by atoms with E-state index in [1.807, 2.05) is 20.8 Å². The molecule has 1 N–H and O–H groups in total. The van der Waals surface area contributed by atoms with E-state index in [2.05, 4.69) is 42.0 Å². The number of carbonyl (C=O) groups is 1. The molecule has 0 aromatic carbocycles. The first-order valence-corrected chi connectivity index (χ1v) is 11.3. The Morgan fingerprint density at radius 3 is 2.54 bits per heavy atom. The van der Waals surface area contributed by atoms with Gasteiger partial charge in [0.1, 0.15) is 0 Å². The van der Waals surface area contributed by atoms with E-state index in [-0.39, 0.29) is 30.7 Å². The Kier molecular flexibility index (Phi) is 5.62. The fourth-order valence-corrected chi connectivity index (χ4v) is 5.59. The van der Waals surface area contributed by atoms with Crippen molar-refractivity contribution in [3.05, 3.63) is 0 Å². The number of halogens is 1. The predicted octanol–water partition coefficient (Wildman–Crippen LogP) is 4.35. The van der Waals surface area contributed by atoms with Crippen LogP contribution in [0.5, 0.6) is 0 Å². The van der Waals surface area contributed by atoms with Crippen molar-refractivity contribution in [1.29, 1.82) is 0 Å². The molecule has 4 nitrogen and oxygen atoms in total. The molecule has 1 amide bonds. The quantitative estimate of drug-likeness (QED) is 0.389. The van der Waals surface area contributed by atoms with Crippen LogP contribution in [0.4, 0.5) is 0 Å². The molecule has 6 heteroatoms. The van der Waals surface area contributed by atoms with Crippen molar-refractivity contribution in [3.8, 4) is 0 Å². The Bertz CT molecular complexity index is 550. The Labute approximate surface area is 167 Å². The summed E-state index contributed by atoms with van der Waals surface area (Å²) in [6.45, 7) is 12.8. The van der Waals surface area contributed by atoms with Crippen LogP contribution in [0.25, 0.3) is 0 Å². The molecule has 26 heavy (non-hydrogen) atoms. The first-order chi connectivity index (χ1) is 12.0. The number of hydrogen-bond donors (Lipinski definition) is 1. The van der Waals surface area contributed by atoms with Gasteiger partial charge in [0, 0.05) is 10.7 Å². The second kappa shape index (κ2) is 7.07. The summed E-state index contributed by atoms with van der Waals surface area (Å²) in [4.78, 5) is 12.6. The maximum atomic E-state index is 12.6. The molecule has 2 bridgehead atoms. The van der Waals surface area contributed by atoms with Gasteiger partial charge in [-0.15, -0.1) is 0 Å². The highest BCUT2D eigenvalue weighted by Gasteiger charge is 2.68. The zero-order valence-corrected chi connectivity index (χ0v) is 18.8. The maximum Gasteiger partial charge on any atom is 0.481 e. The highest BCUT2D eigenvalue weighted by Crippen LogP contribution is 2.65. The second-order valence-electron chi connectivity index (χ2n) is 10.4. The van der Waals surface area contributed by atoms with Crippen LogP contribution in [0.2, 0.25) is 0 Å². The fourth-order valence-electron chi connectivity index (χ4n) is 5.19. The SMILES string of the molecule is CC(C)(C)C(=O)NC(CCCCBr)B1OC2CC3CC(C3(C)C)C2(C)O1. The molecule has 4 fully saturated rings. The van der Waals surface area contributed by atoms with Gasteiger partial charge < -0.3 is 14.6 Å². The van der Waals surface area contributed by atoms with E-state index in [4.69, 9.17) is 9.31 Å². The average molecular weight is 428 g/mol. The van der Waals surface area contributed by atoms with Crippen molar-refractivity contribution in [2.75, 3.05) is 5.33 Å². The lowest BCUT2D eigenvalue weighted by Gasteiger charge is -2.64. The zero-order valence-electron chi connectivity index (χ0n) is 17.2. The summed E-state index contributed by atoms with van der Waals surface area (Å²) in [5, 5.41) is 4.21. The van der Waals surface area contributed by atoms with Crippen molar-refractivity contribution in [3.63, 3.8) is 0 Å². The third-order valence-corrected chi connectivity index (χ3v) is 7.75. The molecule has 1 heterocycles. The normalized spacial score (nSPS) is 36.3. The van der Waals surface area contributed by atoms with E-state index in [0.717, 1.165) is 36.9 Å². The standard InChI is InChI=1S/C20H35BBrNO3/c1-18(2,3)17(24)23-16(9-7-8-10-22)21-25-15-12-13-11-14(19(13,4)5)20(15,6)26-21/h13-16H,7-12H2,1-6H3,(H,23,24). The Balaban J connectivity index is 1.72. The molecule has 3 aliphatic carbocycles. The van der Waals surface area contributed by atoms with Gasteiger partial charge in [0.25, 0.3) is 0 Å². The molecule has 148 valence electrons. The largest absolute Gasteiger partial charge is 0.481 e. The molecule has 5 atom stereocenters. The van der Waals surface area contributed by atoms with Crippen molar-refractivity contribution >= 4 is 29.0 Å². The van der Waals surface area contributed by atoms with E-state index >= 15 is 0 Å². The number of nitrogens with one attached hydrogen (secondary N) is 1. The molecule has 3 saturated carbocycles. The summed E-state index contributed by atoms with van der Waals surface area (Å²) in [6.07, 6.45) is 5.51. The number of unbranched alkanes of at least 4 members (excludes halogenated alkanes) is 1. The van der Waals surface area contributed by atoms with E-state index < -0.39 is 5.41 Å². The average Bonchev–Trinajstić information content (AvgIpc) is 2.89. The summed E-state index contributed by atoms with van der Waals surface area (Å²) in [5.74, 6) is 1.27. The van der Waals surface area contributed by atoms with Crippen LogP contribution < -0.4 is 5.32 Å².